The van der Waals surface area contributed by atoms with Crippen LogP contribution in [-0.2, 0) is 7.05 Å². The first-order chi connectivity index (χ1) is 8.13. The zero-order valence-corrected chi connectivity index (χ0v) is 10.6. The Bertz CT molecular complexity index is 363. The van der Waals surface area contributed by atoms with E-state index in [1.54, 1.807) is 4.68 Å². The largest absolute Gasteiger partial charge is 0.395 e. The summed E-state index contributed by atoms with van der Waals surface area (Å²) in [5.74, 6) is 0. The monoisotopic (exact) mass is 238 g/mol. The minimum Gasteiger partial charge on any atom is -0.395 e. The van der Waals surface area contributed by atoms with Crippen LogP contribution in [0.5, 0.6) is 0 Å². The minimum atomic E-state index is 0.0337. The van der Waals surface area contributed by atoms with Crippen LogP contribution in [0.1, 0.15) is 31.4 Å². The fraction of sp³-hybridized carbons (Fsp3) is 0.750. The smallest absolute Gasteiger partial charge is 0.0587 e. The van der Waals surface area contributed by atoms with Gasteiger partial charge in [-0.1, -0.05) is 0 Å². The third-order valence-corrected chi connectivity index (χ3v) is 3.56. The molecular weight excluding hydrogens is 216 g/mol. The SMILES string of the molecule is CC(N)C(c1cnn(C)c1)N1CCCC1CO. The van der Waals surface area contributed by atoms with Gasteiger partial charge in [-0.15, -0.1) is 0 Å². The van der Waals surface area contributed by atoms with E-state index in [1.807, 2.05) is 26.4 Å². The van der Waals surface area contributed by atoms with Gasteiger partial charge in [0.1, 0.15) is 0 Å². The Morgan fingerprint density at radius 3 is 2.94 bits per heavy atom. The summed E-state index contributed by atoms with van der Waals surface area (Å²) in [4.78, 5) is 2.32. The average molecular weight is 238 g/mol. The van der Waals surface area contributed by atoms with Gasteiger partial charge in [-0.05, 0) is 26.3 Å². The van der Waals surface area contributed by atoms with Crippen LogP contribution in [0.4, 0.5) is 0 Å². The maximum absolute atomic E-state index is 9.42. The highest BCUT2D eigenvalue weighted by atomic mass is 16.3. The van der Waals surface area contributed by atoms with Crippen molar-refractivity contribution in [2.24, 2.45) is 12.8 Å². The Morgan fingerprint density at radius 1 is 1.65 bits per heavy atom. The van der Waals surface area contributed by atoms with E-state index in [-0.39, 0.29) is 24.7 Å². The van der Waals surface area contributed by atoms with E-state index in [0.29, 0.717) is 0 Å². The highest BCUT2D eigenvalue weighted by Crippen LogP contribution is 2.30. The maximum Gasteiger partial charge on any atom is 0.0587 e. The molecule has 0 aromatic carbocycles. The molecule has 0 spiro atoms. The summed E-state index contributed by atoms with van der Waals surface area (Å²) in [5.41, 5.74) is 7.26. The number of rotatable bonds is 4. The first-order valence-corrected chi connectivity index (χ1v) is 6.24. The fourth-order valence-electron chi connectivity index (χ4n) is 2.81. The predicted molar refractivity (Wildman–Crippen MR) is 66.4 cm³/mol. The molecule has 0 amide bonds. The van der Waals surface area contributed by atoms with Crippen LogP contribution >= 0.6 is 0 Å². The molecule has 1 saturated heterocycles. The zero-order chi connectivity index (χ0) is 12.4. The van der Waals surface area contributed by atoms with E-state index in [4.69, 9.17) is 5.73 Å². The molecule has 3 unspecified atom stereocenters. The van der Waals surface area contributed by atoms with Gasteiger partial charge in [0.25, 0.3) is 0 Å². The lowest BCUT2D eigenvalue weighted by Crippen LogP contribution is -2.43. The number of hydrogen-bond acceptors (Lipinski definition) is 4. The molecule has 0 aliphatic carbocycles. The molecule has 0 saturated carbocycles. The summed E-state index contributed by atoms with van der Waals surface area (Å²) in [5, 5.41) is 13.6. The fourth-order valence-corrected chi connectivity index (χ4v) is 2.81. The van der Waals surface area contributed by atoms with Crippen LogP contribution in [0.3, 0.4) is 0 Å². The summed E-state index contributed by atoms with van der Waals surface area (Å²) in [6.07, 6.45) is 6.08. The highest BCUT2D eigenvalue weighted by molar-refractivity contribution is 5.14. The first kappa shape index (κ1) is 12.5. The van der Waals surface area contributed by atoms with Crippen molar-refractivity contribution in [3.8, 4) is 0 Å². The van der Waals surface area contributed by atoms with Crippen LogP contribution in [0, 0.1) is 0 Å². The van der Waals surface area contributed by atoms with Crippen LogP contribution in [0.2, 0.25) is 0 Å². The topological polar surface area (TPSA) is 67.3 Å². The van der Waals surface area contributed by atoms with Gasteiger partial charge in [-0.3, -0.25) is 9.58 Å². The number of nitrogens with two attached hydrogens (primary N) is 1. The number of aryl methyl sites for hydroxylation is 1. The van der Waals surface area contributed by atoms with Crippen LogP contribution < -0.4 is 5.73 Å². The van der Waals surface area contributed by atoms with Crippen LogP contribution in [0.15, 0.2) is 12.4 Å². The van der Waals surface area contributed by atoms with Crippen LogP contribution in [0.25, 0.3) is 0 Å². The van der Waals surface area contributed by atoms with Gasteiger partial charge >= 0.3 is 0 Å². The van der Waals surface area contributed by atoms with Crippen molar-refractivity contribution in [2.45, 2.75) is 37.9 Å². The third kappa shape index (κ3) is 2.51. The molecule has 1 fully saturated rings. The first-order valence-electron chi connectivity index (χ1n) is 6.24. The Balaban J connectivity index is 2.23. The van der Waals surface area contributed by atoms with Crippen molar-refractivity contribution in [3.63, 3.8) is 0 Å². The Hall–Kier alpha value is -0.910. The Kier molecular flexibility index (Phi) is 3.81. The van der Waals surface area contributed by atoms with Gasteiger partial charge in [-0.2, -0.15) is 5.10 Å². The van der Waals surface area contributed by atoms with Gasteiger partial charge < -0.3 is 10.8 Å². The molecule has 2 rings (SSSR count). The molecule has 0 radical (unpaired) electrons. The number of hydrogen-bond donors (Lipinski definition) is 2. The quantitative estimate of drug-likeness (QED) is 0.790. The van der Waals surface area contributed by atoms with Gasteiger partial charge in [0.2, 0.25) is 0 Å². The highest BCUT2D eigenvalue weighted by Gasteiger charge is 2.33. The predicted octanol–water partition coefficient (Wildman–Crippen LogP) is 0.265. The minimum absolute atomic E-state index is 0.0337. The van der Waals surface area contributed by atoms with Crippen molar-refractivity contribution in [1.82, 2.24) is 14.7 Å². The molecule has 1 aliphatic heterocycles. The lowest BCUT2D eigenvalue weighted by Gasteiger charge is -2.34. The van der Waals surface area contributed by atoms with Crippen molar-refractivity contribution in [1.29, 1.82) is 0 Å². The number of nitrogens with zero attached hydrogens (tertiary/aromatic N) is 3. The second-order valence-electron chi connectivity index (χ2n) is 4.97. The summed E-state index contributed by atoms with van der Waals surface area (Å²) in [6, 6.07) is 0.431. The summed E-state index contributed by atoms with van der Waals surface area (Å²) < 4.78 is 1.80. The second-order valence-corrected chi connectivity index (χ2v) is 4.97. The molecule has 5 heteroatoms. The normalized spacial score (nSPS) is 25.1. The van der Waals surface area contributed by atoms with Crippen LogP contribution in [-0.4, -0.2) is 45.0 Å². The van der Waals surface area contributed by atoms with Crippen molar-refractivity contribution >= 4 is 0 Å². The summed E-state index contributed by atoms with van der Waals surface area (Å²) >= 11 is 0. The van der Waals surface area contributed by atoms with Gasteiger partial charge in [0.05, 0.1) is 18.8 Å². The van der Waals surface area contributed by atoms with Crippen molar-refractivity contribution in [3.05, 3.63) is 18.0 Å². The van der Waals surface area contributed by atoms with E-state index in [0.717, 1.165) is 24.9 Å². The average Bonchev–Trinajstić information content (AvgIpc) is 2.88. The van der Waals surface area contributed by atoms with E-state index in [9.17, 15) is 5.11 Å². The van der Waals surface area contributed by atoms with E-state index >= 15 is 0 Å². The summed E-state index contributed by atoms with van der Waals surface area (Å²) in [7, 11) is 1.91. The molecule has 1 aromatic heterocycles. The maximum atomic E-state index is 9.42. The number of aliphatic hydroxyl groups is 1. The van der Waals surface area contributed by atoms with Crippen molar-refractivity contribution in [2.75, 3.05) is 13.2 Å². The van der Waals surface area contributed by atoms with E-state index in [1.165, 1.54) is 0 Å². The molecular formula is C12H22N4O. The standard InChI is InChI=1S/C12H22N4O/c1-9(13)12(10-6-14-15(2)7-10)16-5-3-4-11(16)8-17/h6-7,9,11-12,17H,3-5,8,13H2,1-2H3. The Morgan fingerprint density at radius 2 is 2.41 bits per heavy atom. The number of likely N-dealkylation sites (tertiary alicyclic amines) is 1. The molecule has 3 N–H and O–H groups in total. The molecule has 0 bridgehead atoms. The van der Waals surface area contributed by atoms with E-state index < -0.39 is 0 Å². The molecule has 5 nitrogen and oxygen atoms in total. The second kappa shape index (κ2) is 5.16. The van der Waals surface area contributed by atoms with Gasteiger partial charge in [-0.25, -0.2) is 0 Å². The molecule has 1 aliphatic rings. The lowest BCUT2D eigenvalue weighted by atomic mass is 10.0. The number of aromatic nitrogens is 2. The zero-order valence-electron chi connectivity index (χ0n) is 10.6. The van der Waals surface area contributed by atoms with E-state index in [2.05, 4.69) is 10.00 Å². The molecule has 96 valence electrons. The molecule has 17 heavy (non-hydrogen) atoms. The Labute approximate surface area is 102 Å². The molecule has 1 aromatic rings. The lowest BCUT2D eigenvalue weighted by molar-refractivity contribution is 0.108. The number of aliphatic hydroxyl groups excluding tert-OH is 1. The van der Waals surface area contributed by atoms with Crippen molar-refractivity contribution < 1.29 is 5.11 Å². The summed E-state index contributed by atoms with van der Waals surface area (Å²) in [6.45, 7) is 3.24. The van der Waals surface area contributed by atoms with Gasteiger partial charge in [0.15, 0.2) is 0 Å². The third-order valence-electron chi connectivity index (χ3n) is 3.56. The van der Waals surface area contributed by atoms with Gasteiger partial charge in [0, 0.05) is 30.9 Å². The molecule has 3 atom stereocenters. The molecule has 2 heterocycles.